The van der Waals surface area contributed by atoms with E-state index < -0.39 is 0 Å². The quantitative estimate of drug-likeness (QED) is 0.735. The molecule has 0 aliphatic heterocycles. The largest absolute Gasteiger partial charge is 0.382 e. The summed E-state index contributed by atoms with van der Waals surface area (Å²) in [4.78, 5) is 12.5. The second kappa shape index (κ2) is 3.59. The van der Waals surface area contributed by atoms with E-state index in [1.807, 2.05) is 0 Å². The standard InChI is InChI=1S/C11H13N5/c12-10-9-11(14-6-13-10)16(7-15-9)8-4-2-1-3-5-8/h2,4,6-8H,1,3,5H2,(H2,12,13,14)/t8-/m1/s1. The minimum Gasteiger partial charge on any atom is -0.382 e. The van der Waals surface area contributed by atoms with Gasteiger partial charge < -0.3 is 10.3 Å². The van der Waals surface area contributed by atoms with E-state index in [-0.39, 0.29) is 0 Å². The van der Waals surface area contributed by atoms with Crippen molar-refractivity contribution in [1.82, 2.24) is 19.5 Å². The van der Waals surface area contributed by atoms with Crippen molar-refractivity contribution in [2.45, 2.75) is 25.3 Å². The van der Waals surface area contributed by atoms with Crippen molar-refractivity contribution in [2.24, 2.45) is 0 Å². The smallest absolute Gasteiger partial charge is 0.165 e. The Morgan fingerprint density at radius 2 is 2.25 bits per heavy atom. The number of nitrogens with zero attached hydrogens (tertiary/aromatic N) is 4. The molecule has 0 radical (unpaired) electrons. The molecule has 0 saturated carbocycles. The molecule has 1 atom stereocenters. The Balaban J connectivity index is 2.13. The van der Waals surface area contributed by atoms with Crippen molar-refractivity contribution >= 4 is 17.0 Å². The van der Waals surface area contributed by atoms with Crippen molar-refractivity contribution in [3.8, 4) is 0 Å². The van der Waals surface area contributed by atoms with Crippen LogP contribution < -0.4 is 5.73 Å². The first-order chi connectivity index (χ1) is 7.86. The maximum atomic E-state index is 5.75. The average Bonchev–Trinajstić information content (AvgIpc) is 2.75. The molecule has 2 aromatic heterocycles. The van der Waals surface area contributed by atoms with Gasteiger partial charge >= 0.3 is 0 Å². The molecule has 0 unspecified atom stereocenters. The number of aromatic nitrogens is 4. The summed E-state index contributed by atoms with van der Waals surface area (Å²) in [7, 11) is 0. The number of fused-ring (bicyclic) bond motifs is 1. The number of imidazole rings is 1. The first-order valence-electron chi connectivity index (χ1n) is 5.46. The van der Waals surface area contributed by atoms with E-state index >= 15 is 0 Å². The van der Waals surface area contributed by atoms with Gasteiger partial charge in [0.25, 0.3) is 0 Å². The van der Waals surface area contributed by atoms with E-state index in [1.165, 1.54) is 19.2 Å². The van der Waals surface area contributed by atoms with Gasteiger partial charge in [-0.3, -0.25) is 0 Å². The summed E-state index contributed by atoms with van der Waals surface area (Å²) in [5.74, 6) is 0.448. The molecule has 3 rings (SSSR count). The molecule has 0 spiro atoms. The summed E-state index contributed by atoms with van der Waals surface area (Å²) < 4.78 is 2.07. The average molecular weight is 215 g/mol. The maximum Gasteiger partial charge on any atom is 0.165 e. The fourth-order valence-corrected chi connectivity index (χ4v) is 2.14. The molecule has 16 heavy (non-hydrogen) atoms. The molecule has 0 aromatic carbocycles. The van der Waals surface area contributed by atoms with E-state index in [0.29, 0.717) is 17.4 Å². The van der Waals surface area contributed by atoms with Gasteiger partial charge in [0.15, 0.2) is 11.5 Å². The lowest BCUT2D eigenvalue weighted by Crippen LogP contribution is -2.08. The van der Waals surface area contributed by atoms with Gasteiger partial charge in [0.05, 0.1) is 12.4 Å². The summed E-state index contributed by atoms with van der Waals surface area (Å²) in [5.41, 5.74) is 7.27. The van der Waals surface area contributed by atoms with Gasteiger partial charge in [-0.15, -0.1) is 0 Å². The highest BCUT2D eigenvalue weighted by Gasteiger charge is 2.15. The second-order valence-electron chi connectivity index (χ2n) is 4.01. The van der Waals surface area contributed by atoms with Crippen LogP contribution in [-0.2, 0) is 0 Å². The van der Waals surface area contributed by atoms with Crippen LogP contribution in [0.4, 0.5) is 5.82 Å². The Bertz CT molecular complexity index is 542. The van der Waals surface area contributed by atoms with Crippen LogP contribution in [0.5, 0.6) is 0 Å². The molecule has 0 fully saturated rings. The molecule has 0 saturated heterocycles. The Morgan fingerprint density at radius 1 is 1.31 bits per heavy atom. The fourth-order valence-electron chi connectivity index (χ4n) is 2.14. The van der Waals surface area contributed by atoms with Crippen LogP contribution in [0, 0.1) is 0 Å². The fraction of sp³-hybridized carbons (Fsp3) is 0.364. The summed E-state index contributed by atoms with van der Waals surface area (Å²) in [5, 5.41) is 0. The number of allylic oxidation sites excluding steroid dienone is 2. The minimum atomic E-state index is 0.355. The van der Waals surface area contributed by atoms with E-state index in [0.717, 1.165) is 12.1 Å². The van der Waals surface area contributed by atoms with Gasteiger partial charge in [-0.25, -0.2) is 15.0 Å². The normalized spacial score (nSPS) is 20.4. The van der Waals surface area contributed by atoms with Crippen LogP contribution >= 0.6 is 0 Å². The molecule has 2 heterocycles. The zero-order valence-corrected chi connectivity index (χ0v) is 8.87. The molecule has 5 heteroatoms. The number of anilines is 1. The molecule has 82 valence electrons. The molecule has 0 amide bonds. The lowest BCUT2D eigenvalue weighted by atomic mass is 10.0. The van der Waals surface area contributed by atoms with Crippen LogP contribution in [0.3, 0.4) is 0 Å². The van der Waals surface area contributed by atoms with Crippen LogP contribution in [0.2, 0.25) is 0 Å². The van der Waals surface area contributed by atoms with E-state index in [4.69, 9.17) is 5.73 Å². The summed E-state index contributed by atoms with van der Waals surface area (Å²) >= 11 is 0. The number of nitrogens with two attached hydrogens (primary N) is 1. The van der Waals surface area contributed by atoms with E-state index in [2.05, 4.69) is 31.7 Å². The molecular weight excluding hydrogens is 202 g/mol. The molecule has 1 aliphatic carbocycles. The minimum absolute atomic E-state index is 0.355. The third kappa shape index (κ3) is 1.36. The lowest BCUT2D eigenvalue weighted by Gasteiger charge is -2.17. The van der Waals surface area contributed by atoms with Crippen molar-refractivity contribution in [1.29, 1.82) is 0 Å². The summed E-state index contributed by atoms with van der Waals surface area (Å²) in [6.45, 7) is 0. The Morgan fingerprint density at radius 3 is 3.06 bits per heavy atom. The van der Waals surface area contributed by atoms with Crippen molar-refractivity contribution in [2.75, 3.05) is 5.73 Å². The van der Waals surface area contributed by atoms with E-state index in [9.17, 15) is 0 Å². The van der Waals surface area contributed by atoms with Gasteiger partial charge in [0.1, 0.15) is 11.8 Å². The number of hydrogen-bond donors (Lipinski definition) is 1. The third-order valence-corrected chi connectivity index (χ3v) is 2.97. The lowest BCUT2D eigenvalue weighted by molar-refractivity contribution is 0.525. The van der Waals surface area contributed by atoms with Gasteiger partial charge in [0, 0.05) is 0 Å². The van der Waals surface area contributed by atoms with E-state index in [1.54, 1.807) is 6.33 Å². The third-order valence-electron chi connectivity index (χ3n) is 2.97. The van der Waals surface area contributed by atoms with Crippen LogP contribution in [0.25, 0.3) is 11.2 Å². The molecule has 2 aromatic rings. The van der Waals surface area contributed by atoms with Crippen LogP contribution in [0.1, 0.15) is 25.3 Å². The van der Waals surface area contributed by atoms with Gasteiger partial charge in [-0.1, -0.05) is 12.2 Å². The first kappa shape index (κ1) is 9.33. The first-order valence-corrected chi connectivity index (χ1v) is 5.46. The van der Waals surface area contributed by atoms with Gasteiger partial charge in [-0.2, -0.15) is 0 Å². The van der Waals surface area contributed by atoms with Crippen molar-refractivity contribution in [3.05, 3.63) is 24.8 Å². The Hall–Kier alpha value is -1.91. The predicted octanol–water partition coefficient (Wildman–Crippen LogP) is 1.69. The second-order valence-corrected chi connectivity index (χ2v) is 4.01. The Labute approximate surface area is 93.0 Å². The zero-order chi connectivity index (χ0) is 11.0. The highest BCUT2D eigenvalue weighted by Crippen LogP contribution is 2.26. The van der Waals surface area contributed by atoms with Gasteiger partial charge in [0.2, 0.25) is 0 Å². The maximum absolute atomic E-state index is 5.75. The van der Waals surface area contributed by atoms with Crippen molar-refractivity contribution < 1.29 is 0 Å². The van der Waals surface area contributed by atoms with Crippen LogP contribution in [-0.4, -0.2) is 19.5 Å². The molecule has 1 aliphatic rings. The highest BCUT2D eigenvalue weighted by atomic mass is 15.1. The zero-order valence-electron chi connectivity index (χ0n) is 8.87. The SMILES string of the molecule is Nc1ncnc2c1ncn2[C@@H]1C=CCCC1. The molecule has 0 bridgehead atoms. The predicted molar refractivity (Wildman–Crippen MR) is 61.8 cm³/mol. The number of rotatable bonds is 1. The van der Waals surface area contributed by atoms with Gasteiger partial charge in [-0.05, 0) is 19.3 Å². The summed E-state index contributed by atoms with van der Waals surface area (Å²) in [6.07, 6.45) is 11.2. The Kier molecular flexibility index (Phi) is 2.09. The molecule has 2 N–H and O–H groups in total. The van der Waals surface area contributed by atoms with Crippen LogP contribution in [0.15, 0.2) is 24.8 Å². The summed E-state index contributed by atoms with van der Waals surface area (Å²) in [6, 6.07) is 0.355. The highest BCUT2D eigenvalue weighted by molar-refractivity contribution is 5.81. The molecule has 5 nitrogen and oxygen atoms in total. The topological polar surface area (TPSA) is 69.6 Å². The monoisotopic (exact) mass is 215 g/mol. The van der Waals surface area contributed by atoms with Crippen molar-refractivity contribution in [3.63, 3.8) is 0 Å². The number of nitrogen functional groups attached to an aromatic ring is 1. The number of hydrogen-bond acceptors (Lipinski definition) is 4. The molecular formula is C11H13N5.